The van der Waals surface area contributed by atoms with Crippen LogP contribution >= 0.6 is 0 Å². The van der Waals surface area contributed by atoms with Gasteiger partial charge in [0.1, 0.15) is 12.4 Å². The molecular formula is C12H13N7O. The quantitative estimate of drug-likeness (QED) is 0.695. The lowest BCUT2D eigenvalue weighted by Crippen LogP contribution is -2.24. The topological polar surface area (TPSA) is 105 Å². The third kappa shape index (κ3) is 2.00. The largest absolute Gasteiger partial charge is 0.383 e. The Hall–Kier alpha value is -2.77. The normalized spacial score (nSPS) is 11.1. The average molecular weight is 271 g/mol. The molecule has 3 aromatic heterocycles. The molecule has 0 amide bonds. The summed E-state index contributed by atoms with van der Waals surface area (Å²) in [7, 11) is 1.77. The Labute approximate surface area is 113 Å². The first-order chi connectivity index (χ1) is 9.54. The Morgan fingerprint density at radius 2 is 2.05 bits per heavy atom. The van der Waals surface area contributed by atoms with E-state index >= 15 is 0 Å². The van der Waals surface area contributed by atoms with E-state index in [9.17, 15) is 4.79 Å². The molecule has 3 aromatic rings. The van der Waals surface area contributed by atoms with Crippen molar-refractivity contribution in [2.24, 2.45) is 7.05 Å². The van der Waals surface area contributed by atoms with E-state index in [1.807, 2.05) is 6.92 Å². The van der Waals surface area contributed by atoms with Gasteiger partial charge in [-0.2, -0.15) is 10.2 Å². The number of nitrogen functional groups attached to an aromatic ring is 1. The molecule has 0 bridgehead atoms. The van der Waals surface area contributed by atoms with Gasteiger partial charge in [0.15, 0.2) is 11.5 Å². The molecule has 3 heterocycles. The van der Waals surface area contributed by atoms with Gasteiger partial charge in [-0.05, 0) is 12.5 Å². The summed E-state index contributed by atoms with van der Waals surface area (Å²) in [5, 5.41) is 8.83. The lowest BCUT2D eigenvalue weighted by molar-refractivity contribution is 0.613. The third-order valence-corrected chi connectivity index (χ3v) is 2.97. The molecule has 0 spiro atoms. The highest BCUT2D eigenvalue weighted by Gasteiger charge is 2.10. The molecule has 0 atom stereocenters. The van der Waals surface area contributed by atoms with Crippen molar-refractivity contribution in [3.63, 3.8) is 0 Å². The second-order valence-corrected chi connectivity index (χ2v) is 4.56. The van der Waals surface area contributed by atoms with Gasteiger partial charge >= 0.3 is 0 Å². The Morgan fingerprint density at radius 1 is 1.25 bits per heavy atom. The number of aryl methyl sites for hydroxylation is 2. The van der Waals surface area contributed by atoms with Crippen LogP contribution in [0.5, 0.6) is 0 Å². The van der Waals surface area contributed by atoms with Crippen LogP contribution < -0.4 is 11.3 Å². The third-order valence-electron chi connectivity index (χ3n) is 2.97. The second kappa shape index (κ2) is 4.41. The molecule has 2 N–H and O–H groups in total. The van der Waals surface area contributed by atoms with Crippen LogP contribution in [0.1, 0.15) is 11.4 Å². The van der Waals surface area contributed by atoms with E-state index in [1.165, 1.54) is 10.7 Å². The number of aromatic nitrogens is 6. The highest BCUT2D eigenvalue weighted by Crippen LogP contribution is 2.16. The first-order valence-corrected chi connectivity index (χ1v) is 6.02. The fourth-order valence-electron chi connectivity index (χ4n) is 1.94. The average Bonchev–Trinajstić information content (AvgIpc) is 2.76. The molecule has 0 aliphatic rings. The van der Waals surface area contributed by atoms with Crippen LogP contribution in [0, 0.1) is 6.92 Å². The lowest BCUT2D eigenvalue weighted by Gasteiger charge is -2.05. The number of nitrogens with two attached hydrogens (primary N) is 1. The molecule has 8 nitrogen and oxygen atoms in total. The first-order valence-electron chi connectivity index (χ1n) is 6.02. The predicted octanol–water partition coefficient (Wildman–Crippen LogP) is -0.141. The zero-order valence-corrected chi connectivity index (χ0v) is 11.1. The molecular weight excluding hydrogens is 258 g/mol. The number of hydrogen-bond acceptors (Lipinski definition) is 6. The van der Waals surface area contributed by atoms with Gasteiger partial charge in [0.05, 0.1) is 17.8 Å². The maximum atomic E-state index is 11.8. The van der Waals surface area contributed by atoms with Crippen molar-refractivity contribution in [1.29, 1.82) is 0 Å². The molecule has 8 heteroatoms. The van der Waals surface area contributed by atoms with Crippen LogP contribution in [0.4, 0.5) is 5.82 Å². The van der Waals surface area contributed by atoms with E-state index in [1.54, 1.807) is 24.1 Å². The van der Waals surface area contributed by atoms with Crippen molar-refractivity contribution in [2.75, 3.05) is 5.73 Å². The maximum absolute atomic E-state index is 11.8. The van der Waals surface area contributed by atoms with Crippen LogP contribution in [0.2, 0.25) is 0 Å². The molecule has 3 rings (SSSR count). The van der Waals surface area contributed by atoms with Gasteiger partial charge in [-0.15, -0.1) is 0 Å². The van der Waals surface area contributed by atoms with Gasteiger partial charge in [0.25, 0.3) is 5.56 Å². The predicted molar refractivity (Wildman–Crippen MR) is 73.1 cm³/mol. The minimum atomic E-state index is -0.197. The van der Waals surface area contributed by atoms with Gasteiger partial charge < -0.3 is 5.73 Å². The van der Waals surface area contributed by atoms with Crippen molar-refractivity contribution in [1.82, 2.24) is 29.5 Å². The lowest BCUT2D eigenvalue weighted by atomic mass is 10.3. The standard InChI is InChI=1S/C12H13N7O/c1-7-3-10(20)19(15-4-7)6-9-16-11(13)8-5-14-18(2)12(8)17-9/h3-5H,6H2,1-2H3,(H2,13,16,17). The molecule has 0 aliphatic heterocycles. The fourth-order valence-corrected chi connectivity index (χ4v) is 1.94. The van der Waals surface area contributed by atoms with Crippen molar-refractivity contribution in [3.05, 3.63) is 40.2 Å². The second-order valence-electron chi connectivity index (χ2n) is 4.56. The van der Waals surface area contributed by atoms with Gasteiger partial charge in [-0.1, -0.05) is 0 Å². The van der Waals surface area contributed by atoms with Gasteiger partial charge in [-0.3, -0.25) is 9.48 Å². The summed E-state index contributed by atoms with van der Waals surface area (Å²) in [6, 6.07) is 1.51. The number of hydrogen-bond donors (Lipinski definition) is 1. The Balaban J connectivity index is 2.06. The van der Waals surface area contributed by atoms with Crippen LogP contribution in [-0.2, 0) is 13.6 Å². The van der Waals surface area contributed by atoms with Crippen LogP contribution in [0.15, 0.2) is 23.3 Å². The van der Waals surface area contributed by atoms with Crippen molar-refractivity contribution < 1.29 is 0 Å². The smallest absolute Gasteiger partial charge is 0.267 e. The minimum absolute atomic E-state index is 0.171. The molecule has 0 saturated carbocycles. The zero-order valence-electron chi connectivity index (χ0n) is 11.1. The number of fused-ring (bicyclic) bond motifs is 1. The summed E-state index contributed by atoms with van der Waals surface area (Å²) in [5.41, 5.74) is 7.12. The van der Waals surface area contributed by atoms with E-state index in [-0.39, 0.29) is 12.1 Å². The highest BCUT2D eigenvalue weighted by atomic mass is 16.1. The van der Waals surface area contributed by atoms with E-state index in [4.69, 9.17) is 5.73 Å². The van der Waals surface area contributed by atoms with Crippen LogP contribution in [0.25, 0.3) is 11.0 Å². The fraction of sp³-hybridized carbons (Fsp3) is 0.250. The molecule has 0 aromatic carbocycles. The molecule has 0 aliphatic carbocycles. The van der Waals surface area contributed by atoms with Gasteiger partial charge in [-0.25, -0.2) is 14.6 Å². The Morgan fingerprint density at radius 3 is 2.80 bits per heavy atom. The van der Waals surface area contributed by atoms with E-state index in [0.29, 0.717) is 22.7 Å². The van der Waals surface area contributed by atoms with E-state index < -0.39 is 0 Å². The SMILES string of the molecule is Cc1cnn(Cc2nc(N)c3cnn(C)c3n2)c(=O)c1. The summed E-state index contributed by atoms with van der Waals surface area (Å²) < 4.78 is 2.91. The van der Waals surface area contributed by atoms with Crippen LogP contribution in [-0.4, -0.2) is 29.5 Å². The molecule has 0 unspecified atom stereocenters. The minimum Gasteiger partial charge on any atom is -0.383 e. The summed E-state index contributed by atoms with van der Waals surface area (Å²) in [4.78, 5) is 20.4. The highest BCUT2D eigenvalue weighted by molar-refractivity contribution is 5.84. The summed E-state index contributed by atoms with van der Waals surface area (Å²) in [6.07, 6.45) is 3.23. The van der Waals surface area contributed by atoms with Gasteiger partial charge in [0.2, 0.25) is 0 Å². The summed E-state index contributed by atoms with van der Waals surface area (Å²) in [5.74, 6) is 0.773. The van der Waals surface area contributed by atoms with E-state index in [2.05, 4.69) is 20.2 Å². The number of rotatable bonds is 2. The van der Waals surface area contributed by atoms with Crippen molar-refractivity contribution in [2.45, 2.75) is 13.5 Å². The van der Waals surface area contributed by atoms with Gasteiger partial charge in [0, 0.05) is 13.1 Å². The van der Waals surface area contributed by atoms with Crippen LogP contribution in [0.3, 0.4) is 0 Å². The molecule has 20 heavy (non-hydrogen) atoms. The summed E-state index contributed by atoms with van der Waals surface area (Å²) >= 11 is 0. The number of anilines is 1. The zero-order chi connectivity index (χ0) is 14.3. The maximum Gasteiger partial charge on any atom is 0.267 e. The molecule has 102 valence electrons. The summed E-state index contributed by atoms with van der Waals surface area (Å²) in [6.45, 7) is 1.99. The number of nitrogens with zero attached hydrogens (tertiary/aromatic N) is 6. The van der Waals surface area contributed by atoms with E-state index in [0.717, 1.165) is 5.56 Å². The first kappa shape index (κ1) is 12.3. The molecule has 0 saturated heterocycles. The van der Waals surface area contributed by atoms with Crippen molar-refractivity contribution >= 4 is 16.9 Å². The Bertz CT molecular complexity index is 849. The molecule has 0 radical (unpaired) electrons. The molecule has 0 fully saturated rings. The monoisotopic (exact) mass is 271 g/mol. The Kier molecular flexibility index (Phi) is 2.70. The van der Waals surface area contributed by atoms with Crippen molar-refractivity contribution in [3.8, 4) is 0 Å².